The molecule has 1 aromatic rings. The van der Waals surface area contributed by atoms with Crippen molar-refractivity contribution in [3.05, 3.63) is 29.8 Å². The lowest BCUT2D eigenvalue weighted by molar-refractivity contribution is 0.169. The average molecular weight is 247 g/mol. The number of para-hydroxylation sites is 1. The van der Waals surface area contributed by atoms with Gasteiger partial charge in [0.2, 0.25) is 5.90 Å². The largest absolute Gasteiger partial charge is 0.474 e. The number of hydrogen-bond acceptors (Lipinski definition) is 4. The molecule has 0 saturated carbocycles. The lowest BCUT2D eigenvalue weighted by Gasteiger charge is -2.18. The van der Waals surface area contributed by atoms with E-state index in [1.807, 2.05) is 18.2 Å². The SMILES string of the molecule is CN1CCCC(OC(=N)c2ccccc2N)CC1. The molecule has 0 spiro atoms. The molecule has 1 atom stereocenters. The number of ether oxygens (including phenoxy) is 1. The van der Waals surface area contributed by atoms with Crippen LogP contribution in [-0.2, 0) is 4.74 Å². The van der Waals surface area contributed by atoms with E-state index in [4.69, 9.17) is 15.9 Å². The van der Waals surface area contributed by atoms with Gasteiger partial charge in [-0.15, -0.1) is 0 Å². The Balaban J connectivity index is 1.97. The zero-order chi connectivity index (χ0) is 13.0. The van der Waals surface area contributed by atoms with Crippen LogP contribution in [-0.4, -0.2) is 37.0 Å². The molecule has 3 N–H and O–H groups in total. The zero-order valence-corrected chi connectivity index (χ0v) is 10.9. The monoisotopic (exact) mass is 247 g/mol. The Hall–Kier alpha value is -1.55. The molecule has 98 valence electrons. The summed E-state index contributed by atoms with van der Waals surface area (Å²) in [5, 5.41) is 8.01. The number of hydrogen-bond donors (Lipinski definition) is 2. The van der Waals surface area contributed by atoms with Gasteiger partial charge in [0.25, 0.3) is 0 Å². The predicted octanol–water partition coefficient (Wildman–Crippen LogP) is 2.10. The van der Waals surface area contributed by atoms with Gasteiger partial charge in [0.1, 0.15) is 6.10 Å². The fraction of sp³-hybridized carbons (Fsp3) is 0.500. The first-order chi connectivity index (χ1) is 8.66. The summed E-state index contributed by atoms with van der Waals surface area (Å²) in [5.74, 6) is 0.197. The molecule has 0 bridgehead atoms. The third-order valence-electron chi connectivity index (χ3n) is 3.39. The minimum atomic E-state index is 0.141. The van der Waals surface area contributed by atoms with Gasteiger partial charge in [-0.2, -0.15) is 0 Å². The maximum absolute atomic E-state index is 8.01. The van der Waals surface area contributed by atoms with E-state index in [-0.39, 0.29) is 12.0 Å². The van der Waals surface area contributed by atoms with Gasteiger partial charge in [-0.3, -0.25) is 5.41 Å². The normalized spacial score (nSPS) is 21.3. The number of anilines is 1. The van der Waals surface area contributed by atoms with Gasteiger partial charge in [-0.1, -0.05) is 12.1 Å². The Morgan fingerprint density at radius 3 is 2.89 bits per heavy atom. The van der Waals surface area contributed by atoms with Crippen molar-refractivity contribution in [2.45, 2.75) is 25.4 Å². The summed E-state index contributed by atoms with van der Waals surface area (Å²) < 4.78 is 5.76. The quantitative estimate of drug-likeness (QED) is 0.478. The lowest BCUT2D eigenvalue weighted by atomic mass is 10.1. The fourth-order valence-electron chi connectivity index (χ4n) is 2.26. The van der Waals surface area contributed by atoms with Gasteiger partial charge in [0.15, 0.2) is 0 Å². The second-order valence-electron chi connectivity index (χ2n) is 4.89. The van der Waals surface area contributed by atoms with E-state index >= 15 is 0 Å². The van der Waals surface area contributed by atoms with Gasteiger partial charge in [-0.05, 0) is 45.0 Å². The second-order valence-corrected chi connectivity index (χ2v) is 4.89. The van der Waals surface area contributed by atoms with Crippen LogP contribution in [0.2, 0.25) is 0 Å². The van der Waals surface area contributed by atoms with Gasteiger partial charge in [0, 0.05) is 12.2 Å². The molecule has 18 heavy (non-hydrogen) atoms. The smallest absolute Gasteiger partial charge is 0.215 e. The first-order valence-electron chi connectivity index (χ1n) is 6.45. The molecule has 1 aliphatic heterocycles. The summed E-state index contributed by atoms with van der Waals surface area (Å²) >= 11 is 0. The predicted molar refractivity (Wildman–Crippen MR) is 73.9 cm³/mol. The van der Waals surface area contributed by atoms with Crippen molar-refractivity contribution in [2.24, 2.45) is 0 Å². The molecule has 0 radical (unpaired) electrons. The van der Waals surface area contributed by atoms with E-state index in [2.05, 4.69) is 11.9 Å². The van der Waals surface area contributed by atoms with E-state index in [1.54, 1.807) is 6.07 Å². The van der Waals surface area contributed by atoms with Crippen LogP contribution >= 0.6 is 0 Å². The van der Waals surface area contributed by atoms with E-state index in [0.29, 0.717) is 11.3 Å². The molecule has 4 heteroatoms. The van der Waals surface area contributed by atoms with Gasteiger partial charge >= 0.3 is 0 Å². The Bertz CT molecular complexity index is 419. The Morgan fingerprint density at radius 2 is 2.11 bits per heavy atom. The summed E-state index contributed by atoms with van der Waals surface area (Å²) in [7, 11) is 2.13. The van der Waals surface area contributed by atoms with E-state index < -0.39 is 0 Å². The van der Waals surface area contributed by atoms with Crippen molar-refractivity contribution < 1.29 is 4.74 Å². The first-order valence-corrected chi connectivity index (χ1v) is 6.45. The number of nitrogen functional groups attached to an aromatic ring is 1. The number of nitrogens with one attached hydrogen (secondary N) is 1. The van der Waals surface area contributed by atoms with Gasteiger partial charge in [0.05, 0.1) is 5.56 Å². The summed E-state index contributed by atoms with van der Waals surface area (Å²) in [4.78, 5) is 2.31. The minimum Gasteiger partial charge on any atom is -0.474 e. The third kappa shape index (κ3) is 3.23. The van der Waals surface area contributed by atoms with Crippen LogP contribution in [0.4, 0.5) is 5.69 Å². The second kappa shape index (κ2) is 5.87. The molecule has 4 nitrogen and oxygen atoms in total. The molecule has 0 aromatic heterocycles. The maximum Gasteiger partial charge on any atom is 0.215 e. The number of nitrogens with zero attached hydrogens (tertiary/aromatic N) is 1. The minimum absolute atomic E-state index is 0.141. The Labute approximate surface area is 108 Å². The highest BCUT2D eigenvalue weighted by Crippen LogP contribution is 2.17. The summed E-state index contributed by atoms with van der Waals surface area (Å²) in [6.45, 7) is 2.14. The van der Waals surface area contributed by atoms with Crippen LogP contribution in [0.25, 0.3) is 0 Å². The van der Waals surface area contributed by atoms with Crippen molar-refractivity contribution in [1.29, 1.82) is 5.41 Å². The number of likely N-dealkylation sites (tertiary alicyclic amines) is 1. The van der Waals surface area contributed by atoms with Crippen molar-refractivity contribution in [3.8, 4) is 0 Å². The first kappa shape index (κ1) is 12.9. The molecule has 0 amide bonds. The molecule has 2 rings (SSSR count). The van der Waals surface area contributed by atoms with Crippen molar-refractivity contribution >= 4 is 11.6 Å². The van der Waals surface area contributed by atoms with Crippen molar-refractivity contribution in [3.63, 3.8) is 0 Å². The Kier molecular flexibility index (Phi) is 4.20. The van der Waals surface area contributed by atoms with E-state index in [1.165, 1.54) is 0 Å². The van der Waals surface area contributed by atoms with Gasteiger partial charge < -0.3 is 15.4 Å². The highest BCUT2D eigenvalue weighted by molar-refractivity contribution is 5.96. The standard InChI is InChI=1S/C14H21N3O/c1-17-9-4-5-11(8-10-17)18-14(16)12-6-2-3-7-13(12)15/h2-3,6-7,11,16H,4-5,8-10,15H2,1H3. The lowest BCUT2D eigenvalue weighted by Crippen LogP contribution is -2.22. The number of rotatable bonds is 2. The molecule has 1 saturated heterocycles. The van der Waals surface area contributed by atoms with Gasteiger partial charge in [-0.25, -0.2) is 0 Å². The molecule has 1 heterocycles. The molecule has 1 unspecified atom stereocenters. The van der Waals surface area contributed by atoms with Crippen LogP contribution < -0.4 is 5.73 Å². The molecule has 1 aliphatic rings. The summed E-state index contributed by atoms with van der Waals surface area (Å²) in [5.41, 5.74) is 7.15. The average Bonchev–Trinajstić information content (AvgIpc) is 2.55. The molecule has 1 aromatic carbocycles. The maximum atomic E-state index is 8.01. The highest BCUT2D eigenvalue weighted by Gasteiger charge is 2.18. The van der Waals surface area contributed by atoms with Crippen molar-refractivity contribution in [2.75, 3.05) is 25.9 Å². The van der Waals surface area contributed by atoms with E-state index in [0.717, 1.165) is 32.4 Å². The molecule has 0 aliphatic carbocycles. The summed E-state index contributed by atoms with van der Waals surface area (Å²) in [6.07, 6.45) is 3.26. The zero-order valence-electron chi connectivity index (χ0n) is 10.9. The highest BCUT2D eigenvalue weighted by atomic mass is 16.5. The van der Waals surface area contributed by atoms with Crippen LogP contribution in [0.15, 0.2) is 24.3 Å². The fourth-order valence-corrected chi connectivity index (χ4v) is 2.26. The topological polar surface area (TPSA) is 62.3 Å². The van der Waals surface area contributed by atoms with E-state index in [9.17, 15) is 0 Å². The Morgan fingerprint density at radius 1 is 1.33 bits per heavy atom. The molecular formula is C14H21N3O. The van der Waals surface area contributed by atoms with Crippen LogP contribution in [0, 0.1) is 5.41 Å². The number of benzene rings is 1. The molecule has 1 fully saturated rings. The molecular weight excluding hydrogens is 226 g/mol. The van der Waals surface area contributed by atoms with Crippen LogP contribution in [0.3, 0.4) is 0 Å². The van der Waals surface area contributed by atoms with Crippen LogP contribution in [0.5, 0.6) is 0 Å². The van der Waals surface area contributed by atoms with Crippen LogP contribution in [0.1, 0.15) is 24.8 Å². The number of nitrogens with two attached hydrogens (primary N) is 1. The van der Waals surface area contributed by atoms with Crippen molar-refractivity contribution in [1.82, 2.24) is 4.90 Å². The third-order valence-corrected chi connectivity index (χ3v) is 3.39. The summed E-state index contributed by atoms with van der Waals surface area (Å²) in [6, 6.07) is 7.38.